The number of ether oxygens (including phenoxy) is 1. The van der Waals surface area contributed by atoms with E-state index in [1.807, 2.05) is 0 Å². The molecule has 7 nitrogen and oxygen atoms in total. The van der Waals surface area contributed by atoms with Gasteiger partial charge in [-0.1, -0.05) is 0 Å². The van der Waals surface area contributed by atoms with Crippen molar-refractivity contribution in [1.82, 2.24) is 0 Å². The number of aromatic carboxylic acids is 1. The Morgan fingerprint density at radius 1 is 1.48 bits per heavy atom. The summed E-state index contributed by atoms with van der Waals surface area (Å²) in [6.07, 6.45) is 1.68. The van der Waals surface area contributed by atoms with Crippen LogP contribution in [0, 0.1) is 21.8 Å². The lowest BCUT2D eigenvalue weighted by molar-refractivity contribution is -0.385. The summed E-state index contributed by atoms with van der Waals surface area (Å²) < 4.78 is 19.0. The number of hydrogen-bond acceptors (Lipinski definition) is 5. The van der Waals surface area contributed by atoms with Gasteiger partial charge in [0.15, 0.2) is 5.82 Å². The van der Waals surface area contributed by atoms with Gasteiger partial charge in [0.1, 0.15) is 5.56 Å². The van der Waals surface area contributed by atoms with Gasteiger partial charge in [-0.05, 0) is 24.8 Å². The molecule has 1 aliphatic heterocycles. The molecule has 1 heterocycles. The summed E-state index contributed by atoms with van der Waals surface area (Å²) in [5.41, 5.74) is -1.32. The number of nitro benzene ring substituents is 1. The van der Waals surface area contributed by atoms with Crippen LogP contribution < -0.4 is 5.32 Å². The maximum Gasteiger partial charge on any atom is 0.342 e. The lowest BCUT2D eigenvalue weighted by Gasteiger charge is -2.22. The van der Waals surface area contributed by atoms with Crippen molar-refractivity contribution in [2.75, 3.05) is 25.1 Å². The third kappa shape index (κ3) is 3.66. The number of carbonyl (C=O) groups is 1. The smallest absolute Gasteiger partial charge is 0.342 e. The summed E-state index contributed by atoms with van der Waals surface area (Å²) in [5.74, 6) is -1.99. The van der Waals surface area contributed by atoms with Gasteiger partial charge < -0.3 is 15.2 Å². The van der Waals surface area contributed by atoms with E-state index in [0.717, 1.165) is 18.9 Å². The Bertz CT molecular complexity index is 558. The molecule has 0 amide bonds. The number of halogens is 1. The van der Waals surface area contributed by atoms with Gasteiger partial charge in [0.2, 0.25) is 0 Å². The highest BCUT2D eigenvalue weighted by molar-refractivity contribution is 5.93. The van der Waals surface area contributed by atoms with Crippen LogP contribution in [0.4, 0.5) is 15.8 Å². The Morgan fingerprint density at radius 3 is 2.71 bits per heavy atom. The van der Waals surface area contributed by atoms with Gasteiger partial charge in [0, 0.05) is 19.8 Å². The fraction of sp³-hybridized carbons (Fsp3) is 0.462. The van der Waals surface area contributed by atoms with Crippen LogP contribution in [-0.2, 0) is 4.74 Å². The van der Waals surface area contributed by atoms with E-state index >= 15 is 0 Å². The fourth-order valence-corrected chi connectivity index (χ4v) is 2.23. The van der Waals surface area contributed by atoms with Gasteiger partial charge in [-0.25, -0.2) is 9.18 Å². The van der Waals surface area contributed by atoms with Crippen molar-refractivity contribution in [1.29, 1.82) is 0 Å². The molecule has 8 heteroatoms. The van der Waals surface area contributed by atoms with Gasteiger partial charge in [0.05, 0.1) is 16.7 Å². The molecular weight excluding hydrogens is 283 g/mol. The van der Waals surface area contributed by atoms with E-state index in [1.54, 1.807) is 0 Å². The molecule has 0 spiro atoms. The second-order valence-corrected chi connectivity index (χ2v) is 4.85. The highest BCUT2D eigenvalue weighted by Gasteiger charge is 2.23. The van der Waals surface area contributed by atoms with Crippen LogP contribution in [-0.4, -0.2) is 35.8 Å². The molecule has 114 valence electrons. The predicted octanol–water partition coefficient (Wildman–Crippen LogP) is 2.27. The lowest BCUT2D eigenvalue weighted by Crippen LogP contribution is -2.23. The van der Waals surface area contributed by atoms with Crippen molar-refractivity contribution >= 4 is 17.3 Å². The van der Waals surface area contributed by atoms with Gasteiger partial charge in [-0.15, -0.1) is 0 Å². The van der Waals surface area contributed by atoms with Gasteiger partial charge in [0.25, 0.3) is 5.69 Å². The van der Waals surface area contributed by atoms with Crippen molar-refractivity contribution < 1.29 is 24.0 Å². The van der Waals surface area contributed by atoms with Crippen LogP contribution in [0.5, 0.6) is 0 Å². The third-order valence-corrected chi connectivity index (χ3v) is 3.43. The molecule has 1 fully saturated rings. The number of carboxylic acid groups (broad SMARTS) is 1. The van der Waals surface area contributed by atoms with Crippen LogP contribution in [0.15, 0.2) is 12.1 Å². The summed E-state index contributed by atoms with van der Waals surface area (Å²) in [6, 6.07) is 1.60. The first-order chi connectivity index (χ1) is 9.99. The number of nitro groups is 1. The minimum Gasteiger partial charge on any atom is -0.477 e. The molecule has 1 aliphatic rings. The zero-order chi connectivity index (χ0) is 15.4. The van der Waals surface area contributed by atoms with Crippen LogP contribution in [0.3, 0.4) is 0 Å². The average Bonchev–Trinajstić information content (AvgIpc) is 2.46. The maximum atomic E-state index is 13.8. The molecule has 0 bridgehead atoms. The zero-order valence-electron chi connectivity index (χ0n) is 11.2. The molecule has 2 rings (SSSR count). The van der Waals surface area contributed by atoms with Crippen LogP contribution >= 0.6 is 0 Å². The van der Waals surface area contributed by atoms with Crippen molar-refractivity contribution in [2.45, 2.75) is 12.8 Å². The zero-order valence-corrected chi connectivity index (χ0v) is 11.2. The predicted molar refractivity (Wildman–Crippen MR) is 72.0 cm³/mol. The summed E-state index contributed by atoms with van der Waals surface area (Å²) >= 11 is 0. The number of benzene rings is 1. The SMILES string of the molecule is O=C(O)c1cc(NCC2CCOCC2)c(F)cc1[N+](=O)[O-]. The molecule has 0 saturated carbocycles. The number of nitrogens with one attached hydrogen (secondary N) is 1. The molecule has 0 unspecified atom stereocenters. The molecular formula is C13H15FN2O5. The Kier molecular flexibility index (Phi) is 4.69. The molecule has 2 N–H and O–H groups in total. The van der Waals surface area contributed by atoms with Crippen LogP contribution in [0.1, 0.15) is 23.2 Å². The van der Waals surface area contributed by atoms with Crippen molar-refractivity contribution in [3.05, 3.63) is 33.6 Å². The Labute approximate surface area is 119 Å². The number of anilines is 1. The normalized spacial score (nSPS) is 15.7. The van der Waals surface area contributed by atoms with Crippen LogP contribution in [0.25, 0.3) is 0 Å². The lowest BCUT2D eigenvalue weighted by atomic mass is 10.0. The summed E-state index contributed by atoms with van der Waals surface area (Å²) in [6.45, 7) is 1.77. The monoisotopic (exact) mass is 298 g/mol. The number of carboxylic acids is 1. The fourth-order valence-electron chi connectivity index (χ4n) is 2.23. The molecule has 1 saturated heterocycles. The second kappa shape index (κ2) is 6.49. The summed E-state index contributed by atoms with van der Waals surface area (Å²) in [5, 5.41) is 22.5. The van der Waals surface area contributed by atoms with E-state index in [0.29, 0.717) is 31.7 Å². The van der Waals surface area contributed by atoms with Crippen molar-refractivity contribution in [3.8, 4) is 0 Å². The van der Waals surface area contributed by atoms with E-state index < -0.39 is 28.0 Å². The average molecular weight is 298 g/mol. The third-order valence-electron chi connectivity index (χ3n) is 3.43. The van der Waals surface area contributed by atoms with E-state index in [4.69, 9.17) is 9.84 Å². The molecule has 0 atom stereocenters. The summed E-state index contributed by atoms with van der Waals surface area (Å²) in [7, 11) is 0. The molecule has 1 aromatic rings. The first-order valence-corrected chi connectivity index (χ1v) is 6.52. The van der Waals surface area contributed by atoms with Gasteiger partial charge in [-0.2, -0.15) is 0 Å². The minimum absolute atomic E-state index is 0.0375. The molecule has 0 radical (unpaired) electrons. The Balaban J connectivity index is 2.17. The largest absolute Gasteiger partial charge is 0.477 e. The highest BCUT2D eigenvalue weighted by atomic mass is 19.1. The Hall–Kier alpha value is -2.22. The maximum absolute atomic E-state index is 13.8. The van der Waals surface area contributed by atoms with E-state index in [1.165, 1.54) is 0 Å². The molecule has 21 heavy (non-hydrogen) atoms. The number of rotatable bonds is 5. The molecule has 0 aromatic heterocycles. The first-order valence-electron chi connectivity index (χ1n) is 6.52. The van der Waals surface area contributed by atoms with Crippen molar-refractivity contribution in [2.24, 2.45) is 5.92 Å². The molecule has 1 aromatic carbocycles. The first kappa shape index (κ1) is 15.2. The highest BCUT2D eigenvalue weighted by Crippen LogP contribution is 2.27. The van der Waals surface area contributed by atoms with E-state index in [9.17, 15) is 19.3 Å². The standard InChI is InChI=1S/C13H15FN2O5/c14-10-6-12(16(19)20)9(13(17)18)5-11(10)15-7-8-1-3-21-4-2-8/h5-6,8,15H,1-4,7H2,(H,17,18). The quantitative estimate of drug-likeness (QED) is 0.638. The topological polar surface area (TPSA) is 102 Å². The van der Waals surface area contributed by atoms with Gasteiger partial charge >= 0.3 is 5.97 Å². The van der Waals surface area contributed by atoms with Crippen molar-refractivity contribution in [3.63, 3.8) is 0 Å². The minimum atomic E-state index is -1.46. The molecule has 0 aliphatic carbocycles. The number of hydrogen-bond donors (Lipinski definition) is 2. The van der Waals surface area contributed by atoms with E-state index in [-0.39, 0.29) is 5.69 Å². The summed E-state index contributed by atoms with van der Waals surface area (Å²) in [4.78, 5) is 20.9. The Morgan fingerprint density at radius 2 is 2.14 bits per heavy atom. The second-order valence-electron chi connectivity index (χ2n) is 4.85. The van der Waals surface area contributed by atoms with Gasteiger partial charge in [-0.3, -0.25) is 10.1 Å². The van der Waals surface area contributed by atoms with Crippen LogP contribution in [0.2, 0.25) is 0 Å². The number of nitrogens with zero attached hydrogens (tertiary/aromatic N) is 1. The van der Waals surface area contributed by atoms with E-state index in [2.05, 4.69) is 5.32 Å².